The van der Waals surface area contributed by atoms with Gasteiger partial charge in [0, 0.05) is 54.2 Å². The molecule has 7 rings (SSSR count). The number of fused-ring (bicyclic) bond motifs is 5. The van der Waals surface area contributed by atoms with Crippen LogP contribution < -0.4 is 50.9 Å². The van der Waals surface area contributed by atoms with Crippen molar-refractivity contribution in [2.75, 3.05) is 7.11 Å². The molecule has 0 saturated heterocycles. The van der Waals surface area contributed by atoms with Gasteiger partial charge in [-0.05, 0) is 86.4 Å². The van der Waals surface area contributed by atoms with Gasteiger partial charge in [-0.2, -0.15) is 13.7 Å². The van der Waals surface area contributed by atoms with Crippen molar-refractivity contribution in [3.8, 4) is 0 Å². The standard InChI is InChI=1S/C46H60N3O8.3ClH/c1-32(14-17-40(50)54-4)35-15-16-36-44-37(28-39(46(35,36)3)57-43(53)31-49-24-12-7-13-25-49)45(2)19-18-34(55-41(51)29-47-20-8-5-9-21-47)26-33(45)27-38(44)56-42(52)30-48-22-10-6-11-23-48;;;/h5-13,20-25,32-39,44H,14-19,26-31H2,1-4H3;3*1H/q+3;;;/p-3/t32-,33+,34-,35-,36+,37+,38-,39+,44+,45+,46-;;;/m1.../s1. The van der Waals surface area contributed by atoms with Gasteiger partial charge in [-0.3, -0.25) is 4.79 Å². The van der Waals surface area contributed by atoms with Crippen LogP contribution in [0.2, 0.25) is 0 Å². The molecule has 0 aromatic carbocycles. The lowest BCUT2D eigenvalue weighted by Gasteiger charge is -2.64. The Balaban J connectivity index is 0.00000265. The van der Waals surface area contributed by atoms with Gasteiger partial charge in [0.1, 0.15) is 18.3 Å². The lowest BCUT2D eigenvalue weighted by atomic mass is 9.43. The summed E-state index contributed by atoms with van der Waals surface area (Å²) in [6, 6.07) is 17.2. The normalized spacial score (nSPS) is 30.5. The second-order valence-electron chi connectivity index (χ2n) is 17.6. The topological polar surface area (TPSA) is 117 Å². The second-order valence-corrected chi connectivity index (χ2v) is 17.6. The van der Waals surface area contributed by atoms with Gasteiger partial charge >= 0.3 is 23.9 Å². The number of aromatic nitrogens is 3. The average molecular weight is 889 g/mol. The highest BCUT2D eigenvalue weighted by Crippen LogP contribution is 2.69. The minimum atomic E-state index is -0.405. The van der Waals surface area contributed by atoms with Crippen LogP contribution in [0.1, 0.15) is 78.6 Å². The lowest BCUT2D eigenvalue weighted by Crippen LogP contribution is -3.00. The molecule has 60 heavy (non-hydrogen) atoms. The van der Waals surface area contributed by atoms with Crippen LogP contribution >= 0.6 is 0 Å². The van der Waals surface area contributed by atoms with Crippen LogP contribution in [0.15, 0.2) is 91.8 Å². The van der Waals surface area contributed by atoms with E-state index in [0.29, 0.717) is 32.1 Å². The summed E-state index contributed by atoms with van der Waals surface area (Å²) >= 11 is 0. The SMILES string of the molecule is COC(=O)CC[C@@H](C)[C@H]1CC[C@H]2[C@@H]3[C@H](OC(=O)C[n+]4ccccc4)C[C@@H]4C[C@H](OC(=O)C[n+]5ccccc5)CC[C@]4(C)[C@H]3C[C@H](OC(=O)C[n+]3ccccc3)[C@]12C.[Cl-].[Cl-].[Cl-]. The minimum absolute atomic E-state index is 0. The van der Waals surface area contributed by atoms with Crippen molar-refractivity contribution in [2.45, 2.75) is 117 Å². The Morgan fingerprint density at radius 2 is 1.15 bits per heavy atom. The summed E-state index contributed by atoms with van der Waals surface area (Å²) in [5, 5.41) is 0. The maximum atomic E-state index is 13.9. The molecule has 0 spiro atoms. The monoisotopic (exact) mass is 887 g/mol. The number of carbonyl (C=O) groups excluding carboxylic acids is 4. The van der Waals surface area contributed by atoms with Crippen LogP contribution in [-0.2, 0) is 57.8 Å². The molecule has 0 unspecified atom stereocenters. The Kier molecular flexibility index (Phi) is 17.4. The summed E-state index contributed by atoms with van der Waals surface area (Å²) in [5.41, 5.74) is -0.550. The van der Waals surface area contributed by atoms with Gasteiger partial charge in [0.2, 0.25) is 19.6 Å². The summed E-state index contributed by atoms with van der Waals surface area (Å²) in [5.74, 6) is -0.213. The molecule has 0 aliphatic heterocycles. The number of carbonyl (C=O) groups is 4. The van der Waals surface area contributed by atoms with Crippen LogP contribution in [0.25, 0.3) is 0 Å². The van der Waals surface area contributed by atoms with E-state index in [0.717, 1.165) is 25.7 Å². The molecule has 4 aliphatic carbocycles. The maximum absolute atomic E-state index is 13.9. The predicted molar refractivity (Wildman–Crippen MR) is 206 cm³/mol. The van der Waals surface area contributed by atoms with E-state index in [9.17, 15) is 19.2 Å². The zero-order valence-electron chi connectivity index (χ0n) is 35.1. The number of ether oxygens (including phenoxy) is 4. The highest BCUT2D eigenvalue weighted by Gasteiger charge is 2.68. The molecule has 4 fully saturated rings. The van der Waals surface area contributed by atoms with Gasteiger partial charge in [0.05, 0.1) is 7.11 Å². The van der Waals surface area contributed by atoms with Crippen LogP contribution in [0, 0.1) is 46.3 Å². The van der Waals surface area contributed by atoms with Crippen molar-refractivity contribution in [3.63, 3.8) is 0 Å². The van der Waals surface area contributed by atoms with Crippen LogP contribution in [0.4, 0.5) is 0 Å². The molecule has 0 radical (unpaired) electrons. The van der Waals surface area contributed by atoms with E-state index < -0.39 is 5.41 Å². The largest absolute Gasteiger partial charge is 1.00 e. The molecule has 11 atom stereocenters. The third-order valence-electron chi connectivity index (χ3n) is 14.6. The molecule has 4 saturated carbocycles. The van der Waals surface area contributed by atoms with Crippen molar-refractivity contribution in [1.82, 2.24) is 0 Å². The van der Waals surface area contributed by atoms with Crippen molar-refractivity contribution < 1.29 is 89.0 Å². The molecule has 3 aromatic rings. The van der Waals surface area contributed by atoms with Gasteiger partial charge in [-0.15, -0.1) is 0 Å². The lowest BCUT2D eigenvalue weighted by molar-refractivity contribution is -0.686. The van der Waals surface area contributed by atoms with E-state index in [4.69, 9.17) is 18.9 Å². The van der Waals surface area contributed by atoms with Crippen LogP contribution in [-0.4, -0.2) is 49.3 Å². The van der Waals surface area contributed by atoms with Gasteiger partial charge in [-0.1, -0.05) is 39.0 Å². The quantitative estimate of drug-likeness (QED) is 0.0976. The first-order valence-electron chi connectivity index (χ1n) is 21.0. The van der Waals surface area contributed by atoms with Crippen molar-refractivity contribution in [1.29, 1.82) is 0 Å². The van der Waals surface area contributed by atoms with Crippen molar-refractivity contribution in [2.24, 2.45) is 46.3 Å². The Labute approximate surface area is 373 Å². The first-order valence-corrected chi connectivity index (χ1v) is 21.0. The van der Waals surface area contributed by atoms with E-state index in [1.165, 1.54) is 7.11 Å². The second kappa shape index (κ2) is 21.3. The Morgan fingerprint density at radius 3 is 1.68 bits per heavy atom. The molecule has 14 heteroatoms. The Hall–Kier alpha value is -3.80. The fraction of sp³-hybridized carbons (Fsp3) is 0.587. The summed E-state index contributed by atoms with van der Waals surface area (Å²) in [6.45, 7) is 7.29. The molecule has 0 amide bonds. The minimum Gasteiger partial charge on any atom is -1.00 e. The molecule has 11 nitrogen and oxygen atoms in total. The number of rotatable bonds is 13. The Bertz CT molecular complexity index is 1880. The van der Waals surface area contributed by atoms with Gasteiger partial charge < -0.3 is 56.2 Å². The maximum Gasteiger partial charge on any atom is 0.372 e. The highest BCUT2D eigenvalue weighted by atomic mass is 35.5. The number of nitrogens with zero attached hydrogens (tertiary/aromatic N) is 3. The van der Waals surface area contributed by atoms with Gasteiger partial charge in [-0.25, -0.2) is 14.4 Å². The fourth-order valence-electron chi connectivity index (χ4n) is 11.8. The van der Waals surface area contributed by atoms with E-state index in [-0.39, 0.29) is 140 Å². The summed E-state index contributed by atoms with van der Waals surface area (Å²) in [4.78, 5) is 53.2. The number of methoxy groups -OCH3 is 1. The van der Waals surface area contributed by atoms with Crippen molar-refractivity contribution in [3.05, 3.63) is 91.8 Å². The summed E-state index contributed by atoms with van der Waals surface area (Å²) < 4.78 is 30.0. The van der Waals surface area contributed by atoms with E-state index >= 15 is 0 Å². The summed E-state index contributed by atoms with van der Waals surface area (Å²) in [6.07, 6.45) is 16.8. The van der Waals surface area contributed by atoms with E-state index in [2.05, 4.69) is 20.8 Å². The Morgan fingerprint density at radius 1 is 0.633 bits per heavy atom. The first kappa shape index (κ1) is 48.9. The summed E-state index contributed by atoms with van der Waals surface area (Å²) in [7, 11) is 1.43. The predicted octanol–water partition coefficient (Wildman–Crippen LogP) is -3.84. The number of esters is 4. The molecule has 4 aliphatic rings. The van der Waals surface area contributed by atoms with Gasteiger partial charge in [0.15, 0.2) is 37.2 Å². The zero-order valence-corrected chi connectivity index (χ0v) is 37.4. The van der Waals surface area contributed by atoms with Gasteiger partial charge in [0.25, 0.3) is 0 Å². The van der Waals surface area contributed by atoms with Crippen LogP contribution in [0.3, 0.4) is 0 Å². The molecule has 3 aromatic heterocycles. The van der Waals surface area contributed by atoms with Crippen LogP contribution in [0.5, 0.6) is 0 Å². The highest BCUT2D eigenvalue weighted by molar-refractivity contribution is 5.69. The molecule has 0 bridgehead atoms. The zero-order chi connectivity index (χ0) is 40.2. The number of pyridine rings is 3. The number of halogens is 3. The molecular formula is C46H60Cl3N3O8. The number of hydrogen-bond donors (Lipinski definition) is 0. The molecule has 328 valence electrons. The average Bonchev–Trinajstić information content (AvgIpc) is 3.56. The number of hydrogen-bond acceptors (Lipinski definition) is 8. The van der Waals surface area contributed by atoms with E-state index in [1.807, 2.05) is 105 Å². The van der Waals surface area contributed by atoms with E-state index in [1.54, 1.807) is 0 Å². The first-order chi connectivity index (χ1) is 27.5. The molecular weight excluding hydrogens is 829 g/mol. The fourth-order valence-corrected chi connectivity index (χ4v) is 11.8. The molecule has 3 heterocycles. The third kappa shape index (κ3) is 10.6. The third-order valence-corrected chi connectivity index (χ3v) is 14.6. The smallest absolute Gasteiger partial charge is 0.372 e. The molecule has 0 N–H and O–H groups in total. The van der Waals surface area contributed by atoms with Crippen molar-refractivity contribution >= 4 is 23.9 Å².